The van der Waals surface area contributed by atoms with Crippen molar-refractivity contribution < 1.29 is 14.4 Å². The maximum Gasteiger partial charge on any atom is 0.198 e. The van der Waals surface area contributed by atoms with E-state index in [4.69, 9.17) is 18.4 Å². The number of hydrogen-bond donors (Lipinski definition) is 1. The summed E-state index contributed by atoms with van der Waals surface area (Å²) in [5, 5.41) is 22.1. The maximum atomic E-state index is 10.9. The Morgan fingerprint density at radius 3 is 0.705 bits per heavy atom. The first-order valence-electron chi connectivity index (χ1n) is 48.6. The van der Waals surface area contributed by atoms with Crippen LogP contribution < -0.4 is 24.9 Å². The van der Waals surface area contributed by atoms with Gasteiger partial charge in [0.2, 0.25) is 0 Å². The lowest BCUT2D eigenvalue weighted by molar-refractivity contribution is 0.111. The van der Waals surface area contributed by atoms with Crippen molar-refractivity contribution in [3.63, 3.8) is 0 Å². The van der Waals surface area contributed by atoms with Gasteiger partial charge in [0.1, 0.15) is 18.9 Å². The van der Waals surface area contributed by atoms with E-state index in [0.717, 1.165) is 84.4 Å². The Hall–Kier alpha value is -17.3. The summed E-state index contributed by atoms with van der Waals surface area (Å²) in [4.78, 5) is 47.9. The lowest BCUT2D eigenvalue weighted by Crippen LogP contribution is -2.13. The van der Waals surface area contributed by atoms with Gasteiger partial charge in [-0.1, -0.05) is 356 Å². The fourth-order valence-electron chi connectivity index (χ4n) is 15.9. The first-order valence-corrected chi connectivity index (χ1v) is 49.4. The van der Waals surface area contributed by atoms with Crippen molar-refractivity contribution in [1.29, 1.82) is 10.5 Å². The predicted octanol–water partition coefficient (Wildman–Crippen LogP) is 37.6. The number of para-hydroxylation sites is 7. The van der Waals surface area contributed by atoms with Gasteiger partial charge in [-0.2, -0.15) is 10.5 Å². The van der Waals surface area contributed by atoms with Crippen LogP contribution in [0.4, 0.5) is 91.0 Å². The Morgan fingerprint density at radius 2 is 0.459 bits per heavy atom. The number of anilines is 14. The largest absolute Gasteiger partial charge is 0.356 e. The van der Waals surface area contributed by atoms with E-state index in [1.165, 1.54) is 57.0 Å². The molecule has 0 amide bonds. The minimum atomic E-state index is 0.0718. The highest BCUT2D eigenvalue weighted by molar-refractivity contribution is 9.10. The average molecular weight is 1980 g/mol. The molecule has 17 aromatic carbocycles. The van der Waals surface area contributed by atoms with E-state index in [-0.39, 0.29) is 49.5 Å². The Morgan fingerprint density at radius 1 is 0.247 bits per heavy atom. The second-order valence-electron chi connectivity index (χ2n) is 40.1. The van der Waals surface area contributed by atoms with Crippen LogP contribution in [0.1, 0.15) is 196 Å². The molecule has 17 aromatic rings. The fraction of sp³-hybridized carbons (Fsp3) is 0.150. The quantitative estimate of drug-likeness (QED) is 0.0421. The average Bonchev–Trinajstić information content (AvgIpc) is 0.799. The zero-order valence-corrected chi connectivity index (χ0v) is 87.3. The zero-order valence-electron chi connectivity index (χ0n) is 85.7. The van der Waals surface area contributed by atoms with Crippen LogP contribution in [0.25, 0.3) is 34.0 Å². The van der Waals surface area contributed by atoms with Gasteiger partial charge in [0.15, 0.2) is 11.4 Å². The SMILES string of the molecule is CC(C)(C)c1ccc(Br)cc1.CC(C)(C)c1ccc(N(c2ccccc2)c2ccc(C=O)cc2)cc1.CC(C)(C)c1ccc(N(c2ccccc2)c2ccccc2)cc1.[C-]#[N+]c1cc(C=Cc2ccc(N(c3ccccc3)c3ccc(C(C)(C)C)cc3)cc2)c(C#N)cc1C=Cc1ccc(N(c2ccccc2)c2ccc(C(C)(C)C)cc2)cc1.[C-]#[N+]c1cc(C=O)c(C#N)cc1C=O.c1ccc(Nc2ccccc2)cc1. The molecule has 12 nitrogen and oxygen atoms in total. The third-order valence-corrected chi connectivity index (χ3v) is 24.7. The summed E-state index contributed by atoms with van der Waals surface area (Å²) in [5.41, 5.74) is 28.2. The summed E-state index contributed by atoms with van der Waals surface area (Å²) < 4.78 is 1.14. The molecule has 13 heteroatoms. The van der Waals surface area contributed by atoms with E-state index < -0.39 is 0 Å². The van der Waals surface area contributed by atoms with Crippen LogP contribution in [0, 0.1) is 35.8 Å². The molecule has 1 N–H and O–H groups in total. The number of rotatable bonds is 21. The second-order valence-corrected chi connectivity index (χ2v) is 41.0. The van der Waals surface area contributed by atoms with Crippen molar-refractivity contribution in [1.82, 2.24) is 0 Å². The summed E-state index contributed by atoms with van der Waals surface area (Å²) >= 11 is 3.41. The van der Waals surface area contributed by atoms with Crippen molar-refractivity contribution in [2.75, 3.05) is 24.9 Å². The molecule has 146 heavy (non-hydrogen) atoms. The van der Waals surface area contributed by atoms with Crippen LogP contribution in [0.2, 0.25) is 0 Å². The predicted molar refractivity (Wildman–Crippen MR) is 617 cm³/mol. The molecular weight excluding hydrogens is 1850 g/mol. The van der Waals surface area contributed by atoms with Gasteiger partial charge in [-0.25, -0.2) is 9.69 Å². The number of nitriles is 2. The monoisotopic (exact) mass is 1970 g/mol. The van der Waals surface area contributed by atoms with E-state index in [0.29, 0.717) is 40.5 Å². The Balaban J connectivity index is 0.000000180. The van der Waals surface area contributed by atoms with Gasteiger partial charge in [0.05, 0.1) is 36.4 Å². The molecule has 17 rings (SSSR count). The molecule has 0 aromatic heterocycles. The van der Waals surface area contributed by atoms with Crippen LogP contribution >= 0.6 is 15.9 Å². The highest BCUT2D eigenvalue weighted by Gasteiger charge is 2.24. The topological polar surface area (TPSA) is 132 Å². The lowest BCUT2D eigenvalue weighted by Gasteiger charge is -2.27. The first kappa shape index (κ1) is 108. The van der Waals surface area contributed by atoms with Gasteiger partial charge in [0.25, 0.3) is 0 Å². The smallest absolute Gasteiger partial charge is 0.198 e. The van der Waals surface area contributed by atoms with Crippen LogP contribution in [-0.4, -0.2) is 18.9 Å². The highest BCUT2D eigenvalue weighted by atomic mass is 79.9. The third-order valence-electron chi connectivity index (χ3n) is 24.2. The Kier molecular flexibility index (Phi) is 37.5. The number of hydrogen-bond acceptors (Lipinski definition) is 10. The Labute approximate surface area is 872 Å². The fourth-order valence-corrected chi connectivity index (χ4v) is 16.2. The number of aldehydes is 3. The van der Waals surface area contributed by atoms with Crippen molar-refractivity contribution in [3.05, 3.63) is 536 Å². The van der Waals surface area contributed by atoms with Crippen LogP contribution in [0.15, 0.2) is 435 Å². The molecule has 0 unspecified atom stereocenters. The number of carbonyl (C=O) groups excluding carboxylic acids is 3. The minimum absolute atomic E-state index is 0.0718. The van der Waals surface area contributed by atoms with Gasteiger partial charge in [0, 0.05) is 101 Å². The van der Waals surface area contributed by atoms with E-state index in [1.54, 1.807) is 12.1 Å². The summed E-state index contributed by atoms with van der Waals surface area (Å²) in [5.74, 6) is 0. The molecule has 0 saturated heterocycles. The van der Waals surface area contributed by atoms with E-state index >= 15 is 0 Å². The highest BCUT2D eigenvalue weighted by Crippen LogP contribution is 2.43. The molecule has 0 spiro atoms. The van der Waals surface area contributed by atoms with Gasteiger partial charge in [-0.3, -0.25) is 14.4 Å². The summed E-state index contributed by atoms with van der Waals surface area (Å²) in [6.07, 6.45) is 9.68. The number of nitrogens with one attached hydrogen (secondary N) is 1. The van der Waals surface area contributed by atoms with Crippen molar-refractivity contribution in [2.24, 2.45) is 0 Å². The zero-order chi connectivity index (χ0) is 104. The van der Waals surface area contributed by atoms with E-state index in [9.17, 15) is 19.6 Å². The normalized spacial score (nSPS) is 11.0. The lowest BCUT2D eigenvalue weighted by atomic mass is 9.87. The van der Waals surface area contributed by atoms with E-state index in [2.05, 4.69) is 452 Å². The molecule has 726 valence electrons. The van der Waals surface area contributed by atoms with Crippen molar-refractivity contribution in [3.8, 4) is 12.1 Å². The van der Waals surface area contributed by atoms with Crippen LogP contribution in [0.3, 0.4) is 0 Å². The van der Waals surface area contributed by atoms with E-state index in [1.807, 2.05) is 146 Å². The summed E-state index contributed by atoms with van der Waals surface area (Å²) in [7, 11) is 0. The number of nitrogens with zero attached hydrogens (tertiary/aromatic N) is 8. The molecule has 0 aliphatic carbocycles. The molecule has 0 bridgehead atoms. The molecule has 0 atom stereocenters. The number of benzene rings is 17. The second kappa shape index (κ2) is 50.9. The number of carbonyl (C=O) groups is 3. The van der Waals surface area contributed by atoms with Crippen LogP contribution in [0.5, 0.6) is 0 Å². The molecule has 0 aliphatic heterocycles. The third kappa shape index (κ3) is 30.4. The van der Waals surface area contributed by atoms with Gasteiger partial charge in [-0.15, -0.1) is 0 Å². The van der Waals surface area contributed by atoms with Crippen molar-refractivity contribution in [2.45, 2.75) is 131 Å². The Bertz CT molecular complexity index is 7020. The number of halogens is 1. The molecular formula is C133H124BrN9O3. The van der Waals surface area contributed by atoms with Gasteiger partial charge in [-0.05, 0) is 296 Å². The molecule has 0 heterocycles. The molecule has 0 aliphatic rings. The van der Waals surface area contributed by atoms with Gasteiger partial charge < -0.3 is 24.9 Å². The maximum absolute atomic E-state index is 10.9. The molecule has 0 radical (unpaired) electrons. The molecule has 0 fully saturated rings. The molecule has 0 saturated carbocycles. The summed E-state index contributed by atoms with van der Waals surface area (Å²) in [6.45, 7) is 48.2. The first-order chi connectivity index (χ1) is 70.2. The van der Waals surface area contributed by atoms with Crippen LogP contribution in [-0.2, 0) is 27.1 Å². The van der Waals surface area contributed by atoms with Gasteiger partial charge >= 0.3 is 0 Å². The van der Waals surface area contributed by atoms with Crippen molar-refractivity contribution >= 4 is 150 Å². The standard InChI is InChI=1S/C56H50N4.C23H23NO.C22H23N.C12H11N.C10H13Br.C10H4N2O2/c1-55(2,3)46-26-34-52(35-27-46)59(48-14-10-8-11-15-48)50-30-20-41(21-31-50)18-24-43-39-54(58-7)44(38-45(43)40-57)25-19-42-22-32-51(33-23-42)60(49-16-12-9-13-17-49)53-36-28-47(29-37-53)56(4,5)6;1-23(2,3)19-11-15-22(16-12-19)24(20-7-5-4-6-8-20)21-13-9-18(17-25)10-14-21;1-22(2,3)18-14-16-21(17-15-18)23(19-10-6-4-7-11-19)20-12-8-5-9-13-20;1-3-7-11(8-4-1)13-12-9-5-2-6-10-12;1-10(2,3)8-4-6-9(11)7-5-8;1-12-10-3-8(5-13)7(4-11)2-9(10)6-14/h8-39H,1-6H3;4-17H,1-3H3;4-17H,1-3H3;1-10,13H;4-7H,1-3H3;2-3,5-6H. The minimum Gasteiger partial charge on any atom is -0.356 e. The summed E-state index contributed by atoms with van der Waals surface area (Å²) in [6, 6.07) is 151.